The third-order valence-corrected chi connectivity index (χ3v) is 2.23. The zero-order valence-corrected chi connectivity index (χ0v) is 8.68. The van der Waals surface area contributed by atoms with Gasteiger partial charge in [-0.15, -0.1) is 0 Å². The normalized spacial score (nSPS) is 13.0. The molecule has 0 aromatic carbocycles. The van der Waals surface area contributed by atoms with Crippen LogP contribution in [0.3, 0.4) is 0 Å². The van der Waals surface area contributed by atoms with Crippen molar-refractivity contribution in [3.05, 3.63) is 30.1 Å². The van der Waals surface area contributed by atoms with Gasteiger partial charge < -0.3 is 4.57 Å². The average Bonchev–Trinajstić information content (AvgIpc) is 2.56. The summed E-state index contributed by atoms with van der Waals surface area (Å²) in [5.74, 6) is 0. The van der Waals surface area contributed by atoms with Crippen LogP contribution in [0.15, 0.2) is 29.5 Å². The predicted octanol–water partition coefficient (Wildman–Crippen LogP) is 1.25. The van der Waals surface area contributed by atoms with Crippen LogP contribution in [0.25, 0.3) is 5.52 Å². The van der Waals surface area contributed by atoms with Crippen LogP contribution in [-0.4, -0.2) is 21.2 Å². The fourth-order valence-corrected chi connectivity index (χ4v) is 1.55. The van der Waals surface area contributed by atoms with E-state index in [-0.39, 0.29) is 0 Å². The van der Waals surface area contributed by atoms with E-state index in [0.717, 1.165) is 11.1 Å². The summed E-state index contributed by atoms with van der Waals surface area (Å²) in [4.78, 5) is 4.24. The summed E-state index contributed by atoms with van der Waals surface area (Å²) in [6, 6.07) is 4.36. The molecular weight excluding hydrogens is 176 g/mol. The highest BCUT2D eigenvalue weighted by Crippen LogP contribution is 2.04. The van der Waals surface area contributed by atoms with Crippen molar-refractivity contribution in [1.82, 2.24) is 14.2 Å². The second-order valence-corrected chi connectivity index (χ2v) is 3.51. The third kappa shape index (κ3) is 1.23. The number of nitrogens with zero attached hydrogens (tertiary/aromatic N) is 4. The zero-order valence-electron chi connectivity index (χ0n) is 8.68. The molecule has 0 bridgehead atoms. The number of imidazole rings is 1. The Bertz CT molecular complexity index is 504. The van der Waals surface area contributed by atoms with Crippen LogP contribution in [0, 0.1) is 0 Å². The van der Waals surface area contributed by atoms with E-state index in [1.54, 1.807) is 13.2 Å². The molecule has 4 nitrogen and oxygen atoms in total. The van der Waals surface area contributed by atoms with Crippen LogP contribution in [0.1, 0.15) is 19.9 Å². The zero-order chi connectivity index (χ0) is 10.1. The molecule has 0 fully saturated rings. The van der Waals surface area contributed by atoms with E-state index in [1.807, 2.05) is 16.6 Å². The van der Waals surface area contributed by atoms with Crippen LogP contribution < -0.4 is 5.62 Å². The number of fused-ring (bicyclic) bond motifs is 1. The SMILES string of the molecule is C/N=c1\n(C(C)C)cc2cccnn12. The lowest BCUT2D eigenvalue weighted by Crippen LogP contribution is -2.24. The molecule has 0 amide bonds. The molecule has 0 aliphatic heterocycles. The van der Waals surface area contributed by atoms with E-state index in [1.165, 1.54) is 0 Å². The molecule has 2 rings (SSSR count). The first-order valence-corrected chi connectivity index (χ1v) is 4.71. The number of hydrogen-bond donors (Lipinski definition) is 0. The van der Waals surface area contributed by atoms with Crippen LogP contribution in [0.5, 0.6) is 0 Å². The summed E-state index contributed by atoms with van der Waals surface area (Å²) in [6.45, 7) is 4.27. The van der Waals surface area contributed by atoms with E-state index in [9.17, 15) is 0 Å². The molecule has 0 N–H and O–H groups in total. The second-order valence-electron chi connectivity index (χ2n) is 3.51. The van der Waals surface area contributed by atoms with E-state index >= 15 is 0 Å². The maximum absolute atomic E-state index is 4.26. The summed E-state index contributed by atoms with van der Waals surface area (Å²) in [5.41, 5.74) is 1.96. The molecule has 0 radical (unpaired) electrons. The molecule has 74 valence electrons. The van der Waals surface area contributed by atoms with E-state index < -0.39 is 0 Å². The highest BCUT2D eigenvalue weighted by Gasteiger charge is 2.04. The summed E-state index contributed by atoms with van der Waals surface area (Å²) in [5, 5.41) is 4.26. The third-order valence-electron chi connectivity index (χ3n) is 2.23. The number of hydrogen-bond acceptors (Lipinski definition) is 2. The smallest absolute Gasteiger partial charge is 0.226 e. The van der Waals surface area contributed by atoms with Crippen LogP contribution >= 0.6 is 0 Å². The minimum Gasteiger partial charge on any atom is -0.313 e. The van der Waals surface area contributed by atoms with Crippen molar-refractivity contribution in [3.63, 3.8) is 0 Å². The summed E-state index contributed by atoms with van der Waals surface area (Å²) in [7, 11) is 1.79. The average molecular weight is 190 g/mol. The van der Waals surface area contributed by atoms with Gasteiger partial charge in [-0.1, -0.05) is 0 Å². The molecule has 4 heteroatoms. The van der Waals surface area contributed by atoms with Crippen molar-refractivity contribution in [1.29, 1.82) is 0 Å². The topological polar surface area (TPSA) is 34.6 Å². The number of rotatable bonds is 1. The first-order valence-electron chi connectivity index (χ1n) is 4.71. The fourth-order valence-electron chi connectivity index (χ4n) is 1.55. The number of aromatic nitrogens is 3. The van der Waals surface area contributed by atoms with Gasteiger partial charge in [-0.3, -0.25) is 4.99 Å². The van der Waals surface area contributed by atoms with Crippen molar-refractivity contribution < 1.29 is 0 Å². The van der Waals surface area contributed by atoms with E-state index in [4.69, 9.17) is 0 Å². The maximum Gasteiger partial charge on any atom is 0.226 e. The van der Waals surface area contributed by atoms with Crippen LogP contribution in [-0.2, 0) is 0 Å². The summed E-state index contributed by atoms with van der Waals surface area (Å²) < 4.78 is 3.96. The van der Waals surface area contributed by atoms with Crippen molar-refractivity contribution in [2.24, 2.45) is 4.99 Å². The molecule has 0 saturated heterocycles. The molecule has 2 heterocycles. The van der Waals surface area contributed by atoms with Gasteiger partial charge in [0.25, 0.3) is 0 Å². The van der Waals surface area contributed by atoms with Gasteiger partial charge in [0.2, 0.25) is 5.62 Å². The van der Waals surface area contributed by atoms with Crippen LogP contribution in [0.2, 0.25) is 0 Å². The molecule has 14 heavy (non-hydrogen) atoms. The lowest BCUT2D eigenvalue weighted by atomic mass is 10.4. The van der Waals surface area contributed by atoms with E-state index in [0.29, 0.717) is 6.04 Å². The maximum atomic E-state index is 4.26. The molecule has 0 spiro atoms. The minimum absolute atomic E-state index is 0.399. The minimum atomic E-state index is 0.399. The van der Waals surface area contributed by atoms with Gasteiger partial charge in [0.15, 0.2) is 0 Å². The highest BCUT2D eigenvalue weighted by molar-refractivity contribution is 5.42. The first-order chi connectivity index (χ1) is 6.74. The fraction of sp³-hybridized carbons (Fsp3) is 0.400. The first kappa shape index (κ1) is 8.99. The molecule has 2 aromatic heterocycles. The van der Waals surface area contributed by atoms with Crippen molar-refractivity contribution >= 4 is 5.52 Å². The molecule has 0 unspecified atom stereocenters. The Hall–Kier alpha value is -1.58. The lowest BCUT2D eigenvalue weighted by Gasteiger charge is -2.04. The summed E-state index contributed by atoms with van der Waals surface area (Å²) in [6.07, 6.45) is 3.84. The Labute approximate surface area is 82.5 Å². The molecular formula is C10H14N4. The van der Waals surface area contributed by atoms with Crippen molar-refractivity contribution in [2.75, 3.05) is 7.05 Å². The van der Waals surface area contributed by atoms with E-state index in [2.05, 4.69) is 34.7 Å². The lowest BCUT2D eigenvalue weighted by molar-refractivity contribution is 0.558. The Morgan fingerprint density at radius 3 is 2.86 bits per heavy atom. The van der Waals surface area contributed by atoms with Crippen molar-refractivity contribution in [3.8, 4) is 0 Å². The molecule has 2 aromatic rings. The molecule has 0 saturated carbocycles. The quantitative estimate of drug-likeness (QED) is 0.666. The van der Waals surface area contributed by atoms with Crippen molar-refractivity contribution in [2.45, 2.75) is 19.9 Å². The largest absolute Gasteiger partial charge is 0.313 e. The van der Waals surface area contributed by atoms with Gasteiger partial charge in [0.1, 0.15) is 0 Å². The van der Waals surface area contributed by atoms with Gasteiger partial charge in [0, 0.05) is 25.5 Å². The second kappa shape index (κ2) is 3.29. The Morgan fingerprint density at radius 1 is 1.43 bits per heavy atom. The van der Waals surface area contributed by atoms with Gasteiger partial charge in [-0.05, 0) is 26.0 Å². The van der Waals surface area contributed by atoms with Gasteiger partial charge in [-0.2, -0.15) is 9.61 Å². The van der Waals surface area contributed by atoms with Gasteiger partial charge in [-0.25, -0.2) is 0 Å². The Balaban J connectivity index is 2.87. The standard InChI is InChI=1S/C10H14N4/c1-8(2)13-7-9-5-4-6-12-14(9)10(13)11-3/h4-8H,1-3H3/b11-10+. The molecule has 0 aliphatic carbocycles. The van der Waals surface area contributed by atoms with Gasteiger partial charge >= 0.3 is 0 Å². The molecule has 0 atom stereocenters. The Kier molecular flexibility index (Phi) is 2.11. The predicted molar refractivity (Wildman–Crippen MR) is 55.1 cm³/mol. The summed E-state index contributed by atoms with van der Waals surface area (Å²) >= 11 is 0. The monoisotopic (exact) mass is 190 g/mol. The highest BCUT2D eigenvalue weighted by atomic mass is 15.3. The van der Waals surface area contributed by atoms with Gasteiger partial charge in [0.05, 0.1) is 5.52 Å². The van der Waals surface area contributed by atoms with Crippen LogP contribution in [0.4, 0.5) is 0 Å². The molecule has 0 aliphatic rings. The Morgan fingerprint density at radius 2 is 2.21 bits per heavy atom.